The summed E-state index contributed by atoms with van der Waals surface area (Å²) in [5.41, 5.74) is 11.5. The van der Waals surface area contributed by atoms with Gasteiger partial charge in [0.1, 0.15) is 24.0 Å². The molecule has 112 heavy (non-hydrogen) atoms. The second kappa shape index (κ2) is 39.5. The zero-order valence-corrected chi connectivity index (χ0v) is 67.3. The minimum Gasteiger partial charge on any atom is -0.368 e. The molecule has 0 fully saturated rings. The third kappa shape index (κ3) is 26.8. The molecule has 0 radical (unpaired) electrons. The molecule has 0 unspecified atom stereocenters. The normalized spacial score (nSPS) is 11.1. The van der Waals surface area contributed by atoms with Crippen LogP contribution in [0.15, 0.2) is 110 Å². The molecule has 0 aliphatic heterocycles. The van der Waals surface area contributed by atoms with Crippen LogP contribution >= 0.6 is 0 Å². The highest BCUT2D eigenvalue weighted by molar-refractivity contribution is 5.98. The molecule has 36 heteroatoms. The van der Waals surface area contributed by atoms with Crippen molar-refractivity contribution in [1.82, 2.24) is 51.5 Å². The van der Waals surface area contributed by atoms with Crippen molar-refractivity contribution in [3.8, 4) is 0 Å². The predicted molar refractivity (Wildman–Crippen MR) is 434 cm³/mol. The minimum absolute atomic E-state index is 0.0298. The summed E-state index contributed by atoms with van der Waals surface area (Å²) in [7, 11) is 9.42. The van der Waals surface area contributed by atoms with Crippen LogP contribution < -0.4 is 63.3 Å². The van der Waals surface area contributed by atoms with Crippen molar-refractivity contribution >= 4 is 115 Å². The van der Waals surface area contributed by atoms with E-state index in [0.717, 1.165) is 22.3 Å². The van der Waals surface area contributed by atoms with E-state index in [1.165, 1.54) is 40.1 Å². The maximum atomic E-state index is 12.0. The predicted octanol–water partition coefficient (Wildman–Crippen LogP) is 14.1. The molecule has 10 N–H and O–H groups in total. The summed E-state index contributed by atoms with van der Waals surface area (Å²) < 4.78 is 0. The number of nitro groups is 4. The minimum atomic E-state index is -0.538. The number of nitrogens with zero attached hydrogens (tertiary/aromatic N) is 12. The topological polar surface area (TPSA) is 463 Å². The molecule has 4 amide bonds. The van der Waals surface area contributed by atoms with Crippen molar-refractivity contribution in [1.29, 1.82) is 0 Å². The van der Waals surface area contributed by atoms with Gasteiger partial charge in [0.2, 0.25) is 34.9 Å². The maximum Gasteiger partial charge on any atom is 0.353 e. The van der Waals surface area contributed by atoms with Crippen LogP contribution in [-0.4, -0.2) is 142 Å². The lowest BCUT2D eigenvalue weighted by Gasteiger charge is -2.28. The first kappa shape index (κ1) is 89.8. The van der Waals surface area contributed by atoms with E-state index in [9.17, 15) is 59.6 Å². The van der Waals surface area contributed by atoms with E-state index in [0.29, 0.717) is 82.6 Å². The van der Waals surface area contributed by atoms with Gasteiger partial charge in [-0.05, 0) is 132 Å². The molecule has 600 valence electrons. The summed E-state index contributed by atoms with van der Waals surface area (Å²) in [5.74, 6) is -0.719. The second-order valence-electron chi connectivity index (χ2n) is 30.6. The lowest BCUT2D eigenvalue weighted by Crippen LogP contribution is -2.29. The van der Waals surface area contributed by atoms with Crippen LogP contribution in [0, 0.1) is 89.8 Å². The van der Waals surface area contributed by atoms with Crippen LogP contribution in [0.5, 0.6) is 0 Å². The van der Waals surface area contributed by atoms with E-state index in [4.69, 9.17) is 0 Å². The van der Waals surface area contributed by atoms with Gasteiger partial charge in [0.15, 0.2) is 0 Å². The Labute approximate surface area is 650 Å². The van der Waals surface area contributed by atoms with Gasteiger partial charge >= 0.3 is 22.7 Å². The quantitative estimate of drug-likeness (QED) is 0.0178. The molecule has 8 rings (SSSR count). The fourth-order valence-electron chi connectivity index (χ4n) is 10.6. The SMILES string of the molecule is CNC(=O)c1ccc(C)c(Nc2nccc(N(C)CC(C)(C)C)c2[N+](=O)[O-])c1.CNC(=O)c1ccc(C)c(Nc2ncnc(NCC(C)(C)C)c2[N+](=O)[O-])c1.CONC(=O)c1ccc(C)c(Nc2nccc(N(C)CC(C)(C)C)c2[N+](=O)[O-])c1.CONC(=O)c1ccc(C)c(Nc2ncnc(NCC(C)(C)C)c2[N+](=O)[O-])c1. The zero-order chi connectivity index (χ0) is 83.9. The number of anilines is 12. The largest absolute Gasteiger partial charge is 0.368 e. The van der Waals surface area contributed by atoms with Gasteiger partial charge in [0.05, 0.1) is 33.9 Å². The highest BCUT2D eigenvalue weighted by Crippen LogP contribution is 2.40. The molecule has 0 aliphatic carbocycles. The monoisotopic (exact) mass is 1550 g/mol. The Bertz CT molecular complexity index is 4700. The first-order valence-corrected chi connectivity index (χ1v) is 35.1. The molecule has 4 aromatic carbocycles. The van der Waals surface area contributed by atoms with Gasteiger partial charge in [-0.3, -0.25) is 69.3 Å². The van der Waals surface area contributed by atoms with Crippen LogP contribution in [0.1, 0.15) is 147 Å². The number of nitrogens with one attached hydrogen (secondary N) is 10. The van der Waals surface area contributed by atoms with Gasteiger partial charge in [-0.1, -0.05) is 107 Å². The number of carbonyl (C=O) groups excluding carboxylic acids is 4. The van der Waals surface area contributed by atoms with Crippen LogP contribution in [0.2, 0.25) is 0 Å². The van der Waals surface area contributed by atoms with Crippen molar-refractivity contribution in [2.75, 3.05) is 110 Å². The third-order valence-electron chi connectivity index (χ3n) is 15.9. The number of amides is 4. The first-order valence-electron chi connectivity index (χ1n) is 35.1. The number of hydrogen-bond acceptors (Lipinski definition) is 28. The van der Waals surface area contributed by atoms with Gasteiger partial charge in [-0.25, -0.2) is 40.9 Å². The summed E-state index contributed by atoms with van der Waals surface area (Å²) in [4.78, 5) is 130. The lowest BCUT2D eigenvalue weighted by atomic mass is 9.96. The van der Waals surface area contributed by atoms with E-state index in [1.807, 2.05) is 93.1 Å². The Morgan fingerprint density at radius 1 is 0.384 bits per heavy atom. The van der Waals surface area contributed by atoms with Crippen molar-refractivity contribution in [3.63, 3.8) is 0 Å². The molecular formula is C76H102N22O14. The Morgan fingerprint density at radius 2 is 0.643 bits per heavy atom. The van der Waals surface area contributed by atoms with Crippen LogP contribution in [0.25, 0.3) is 0 Å². The summed E-state index contributed by atoms with van der Waals surface area (Å²) in [5, 5.41) is 70.1. The number of aromatic nitrogens is 6. The number of carbonyl (C=O) groups is 4. The highest BCUT2D eigenvalue weighted by atomic mass is 16.7. The zero-order valence-electron chi connectivity index (χ0n) is 67.3. The summed E-state index contributed by atoms with van der Waals surface area (Å²) in [6.45, 7) is 34.1. The fraction of sp³-hybridized carbons (Fsp3) is 0.395. The summed E-state index contributed by atoms with van der Waals surface area (Å²) in [6, 6.07) is 23.4. The molecule has 4 aromatic heterocycles. The van der Waals surface area contributed by atoms with E-state index < -0.39 is 31.5 Å². The van der Waals surface area contributed by atoms with Crippen molar-refractivity contribution < 1.29 is 48.5 Å². The number of aryl methyl sites for hydroxylation is 4. The Kier molecular flexibility index (Phi) is 31.6. The van der Waals surface area contributed by atoms with Crippen molar-refractivity contribution in [2.24, 2.45) is 21.7 Å². The maximum absolute atomic E-state index is 12.0. The van der Waals surface area contributed by atoms with E-state index >= 15 is 0 Å². The Balaban J connectivity index is 0.000000267. The average Bonchev–Trinajstić information content (AvgIpc) is 0.825. The highest BCUT2D eigenvalue weighted by Gasteiger charge is 2.31. The average molecular weight is 1550 g/mol. The van der Waals surface area contributed by atoms with Gasteiger partial charge < -0.3 is 52.3 Å². The van der Waals surface area contributed by atoms with Gasteiger partial charge in [-0.2, -0.15) is 0 Å². The number of hydroxylamine groups is 2. The number of hydrogen-bond donors (Lipinski definition) is 10. The molecule has 0 saturated heterocycles. The van der Waals surface area contributed by atoms with E-state index in [1.54, 1.807) is 98.2 Å². The molecule has 0 bridgehead atoms. The smallest absolute Gasteiger partial charge is 0.353 e. The third-order valence-corrected chi connectivity index (χ3v) is 15.9. The van der Waals surface area contributed by atoms with Crippen LogP contribution in [-0.2, 0) is 9.68 Å². The number of rotatable bonds is 26. The van der Waals surface area contributed by atoms with Crippen molar-refractivity contribution in [2.45, 2.75) is 111 Å². The molecule has 36 nitrogen and oxygen atoms in total. The fourth-order valence-corrected chi connectivity index (χ4v) is 10.6. The first-order chi connectivity index (χ1) is 52.3. The standard InChI is InChI=1S/C20H27N5O4.C20H27N5O3.C18H24N6O4.C18H24N6O3/c1-13-7-8-14(19(26)23-29-6)11-15(13)22-18-17(25(27)28)16(9-10-21-18)24(5)12-20(2,3)4;1-13-7-8-14(19(26)21-5)11-15(13)23-18-17(25(27)28)16(9-10-22-18)24(6)12-20(2,3)4;1-11-6-7-12(17(25)23-28-5)8-13(11)22-16-14(24(26)27)15(20-10-21-16)19-9-18(2,3)4;1-11-6-7-12(17(25)19-5)8-13(11)23-16-14(24(26)27)15(21-10-22-16)20-9-18(2,3)4/h7-11H,12H2,1-6H3,(H,21,22)(H,23,26);7-11H,12H2,1-6H3,(H,21,26)(H,22,23);6-8,10H,9H2,1-5H3,(H,23,25)(H2,19,20,21,22);6-8,10H,9H2,1-5H3,(H,19,25)(H2,20,21,22,23). The Hall–Kier alpha value is -12.9. The van der Waals surface area contributed by atoms with Gasteiger partial charge in [0.25, 0.3) is 23.6 Å². The molecule has 0 aliphatic rings. The van der Waals surface area contributed by atoms with Crippen LogP contribution in [0.4, 0.5) is 91.8 Å². The van der Waals surface area contributed by atoms with Crippen molar-refractivity contribution in [3.05, 3.63) is 195 Å². The molecule has 8 aromatic rings. The summed E-state index contributed by atoms with van der Waals surface area (Å²) in [6.07, 6.45) is 5.58. The van der Waals surface area contributed by atoms with E-state index in [-0.39, 0.29) is 91.1 Å². The number of benzene rings is 4. The van der Waals surface area contributed by atoms with E-state index in [2.05, 4.69) is 135 Å². The Morgan fingerprint density at radius 3 is 0.884 bits per heavy atom. The summed E-state index contributed by atoms with van der Waals surface area (Å²) >= 11 is 0. The molecule has 0 spiro atoms. The number of pyridine rings is 2. The van der Waals surface area contributed by atoms with Gasteiger partial charge in [-0.15, -0.1) is 0 Å². The molecule has 4 heterocycles. The second-order valence-corrected chi connectivity index (χ2v) is 30.6. The van der Waals surface area contributed by atoms with Crippen LogP contribution in [0.3, 0.4) is 0 Å². The van der Waals surface area contributed by atoms with Gasteiger partial charge in [0, 0.05) is 112 Å². The lowest BCUT2D eigenvalue weighted by molar-refractivity contribution is -0.383. The molecule has 0 atom stereocenters. The molecule has 0 saturated carbocycles. The molecular weight excluding hydrogens is 1440 g/mol.